The van der Waals surface area contributed by atoms with Crippen LogP contribution in [-0.4, -0.2) is 0 Å². The molecule has 4 aromatic rings. The Bertz CT molecular complexity index is 1030. The Balaban J connectivity index is 0.00000225. The maximum atomic E-state index is 2.38. The molecule has 0 saturated carbocycles. The molecule has 0 aliphatic rings. The fourth-order valence-corrected chi connectivity index (χ4v) is 4.63. The minimum atomic E-state index is 0. The van der Waals surface area contributed by atoms with Crippen LogP contribution < -0.4 is 17.0 Å². The highest BCUT2D eigenvalue weighted by molar-refractivity contribution is 7.09. The summed E-state index contributed by atoms with van der Waals surface area (Å²) in [6.07, 6.45) is 0. The average Bonchev–Trinajstić information content (AvgIpc) is 3.01. The predicted molar refractivity (Wildman–Crippen MR) is 116 cm³/mol. The van der Waals surface area contributed by atoms with Gasteiger partial charge in [-0.1, -0.05) is 78.1 Å². The van der Waals surface area contributed by atoms with E-state index < -0.39 is 0 Å². The highest BCUT2D eigenvalue weighted by Gasteiger charge is 2.27. The van der Waals surface area contributed by atoms with Gasteiger partial charge in [0.1, 0.15) is 0 Å². The van der Waals surface area contributed by atoms with Gasteiger partial charge in [-0.15, -0.1) is 0 Å². The molecular formula is C25H24ClNS. The molecule has 142 valence electrons. The molecule has 0 aliphatic carbocycles. The Hall–Kier alpha value is -2.42. The van der Waals surface area contributed by atoms with Crippen molar-refractivity contribution in [2.45, 2.75) is 27.7 Å². The Morgan fingerprint density at radius 3 is 1.54 bits per heavy atom. The van der Waals surface area contributed by atoms with E-state index in [0.29, 0.717) is 0 Å². The van der Waals surface area contributed by atoms with Crippen LogP contribution in [0.15, 0.2) is 72.2 Å². The highest BCUT2D eigenvalue weighted by Crippen LogP contribution is 2.38. The maximum absolute atomic E-state index is 2.38. The Labute approximate surface area is 177 Å². The van der Waals surface area contributed by atoms with Gasteiger partial charge in [0.15, 0.2) is 5.69 Å². The van der Waals surface area contributed by atoms with Gasteiger partial charge in [-0.25, -0.2) is 0 Å². The molecule has 0 aliphatic heterocycles. The van der Waals surface area contributed by atoms with E-state index >= 15 is 0 Å². The Morgan fingerprint density at radius 1 is 0.679 bits per heavy atom. The summed E-state index contributed by atoms with van der Waals surface area (Å²) in [5, 5.41) is 0. The monoisotopic (exact) mass is 405 g/mol. The van der Waals surface area contributed by atoms with E-state index in [9.17, 15) is 0 Å². The van der Waals surface area contributed by atoms with Crippen molar-refractivity contribution in [3.05, 3.63) is 93.9 Å². The number of hydrogen-bond donors (Lipinski definition) is 0. The highest BCUT2D eigenvalue weighted by atomic mass is 35.5. The van der Waals surface area contributed by atoms with E-state index in [-0.39, 0.29) is 12.4 Å². The molecule has 0 N–H and O–H groups in total. The van der Waals surface area contributed by atoms with Crippen molar-refractivity contribution in [1.82, 2.24) is 0 Å². The Morgan fingerprint density at radius 2 is 1.14 bits per heavy atom. The average molecular weight is 406 g/mol. The summed E-state index contributed by atoms with van der Waals surface area (Å²) < 4.78 is 2.38. The van der Waals surface area contributed by atoms with Gasteiger partial charge in [-0.05, 0) is 43.0 Å². The number of hydrogen-bond acceptors (Lipinski definition) is 1. The lowest BCUT2D eigenvalue weighted by Crippen LogP contribution is -3.00. The molecule has 0 amide bonds. The second kappa shape index (κ2) is 8.30. The van der Waals surface area contributed by atoms with Crippen LogP contribution in [0.5, 0.6) is 0 Å². The van der Waals surface area contributed by atoms with E-state index in [2.05, 4.69) is 105 Å². The number of benzene rings is 3. The van der Waals surface area contributed by atoms with Crippen molar-refractivity contribution in [3.8, 4) is 27.9 Å². The van der Waals surface area contributed by atoms with Crippen molar-refractivity contribution in [1.29, 1.82) is 0 Å². The quantitative estimate of drug-likeness (QED) is 0.458. The number of rotatable bonds is 3. The molecule has 0 bridgehead atoms. The second-order valence-corrected chi connectivity index (χ2v) is 8.13. The first-order chi connectivity index (χ1) is 13.1. The molecule has 3 aromatic carbocycles. The van der Waals surface area contributed by atoms with Gasteiger partial charge in [0, 0.05) is 6.92 Å². The van der Waals surface area contributed by atoms with Crippen LogP contribution in [0.2, 0.25) is 0 Å². The molecule has 0 radical (unpaired) electrons. The number of thiazole rings is 1. The molecule has 0 saturated heterocycles. The molecule has 4 rings (SSSR count). The second-order valence-electron chi connectivity index (χ2n) is 7.08. The van der Waals surface area contributed by atoms with Crippen LogP contribution in [0.1, 0.15) is 21.7 Å². The number of halogens is 1. The molecule has 0 fully saturated rings. The predicted octanol–water partition coefficient (Wildman–Crippen LogP) is 3.60. The third-order valence-corrected chi connectivity index (χ3v) is 6.23. The van der Waals surface area contributed by atoms with Crippen LogP contribution in [0.25, 0.3) is 27.9 Å². The molecule has 28 heavy (non-hydrogen) atoms. The van der Waals surface area contributed by atoms with Crippen molar-refractivity contribution < 1.29 is 17.0 Å². The molecule has 3 heteroatoms. The lowest BCUT2D eigenvalue weighted by Gasteiger charge is -2.16. The van der Waals surface area contributed by atoms with E-state index in [0.717, 1.165) is 0 Å². The van der Waals surface area contributed by atoms with Crippen LogP contribution in [-0.2, 0) is 0 Å². The summed E-state index contributed by atoms with van der Waals surface area (Å²) in [6.45, 7) is 8.86. The third-order valence-electron chi connectivity index (χ3n) is 5.27. The molecule has 0 atom stereocenters. The first-order valence-corrected chi connectivity index (χ1v) is 10.2. The van der Waals surface area contributed by atoms with Gasteiger partial charge in [-0.3, -0.25) is 0 Å². The molecule has 1 aromatic heterocycles. The molecule has 0 spiro atoms. The fraction of sp³-hybridized carbons (Fsp3) is 0.160. The Kier molecular flexibility index (Phi) is 6.02. The van der Waals surface area contributed by atoms with E-state index in [1.165, 1.54) is 49.6 Å². The molecule has 1 nitrogen and oxygen atoms in total. The summed E-state index contributed by atoms with van der Waals surface area (Å²) >= 11 is 1.81. The first-order valence-electron chi connectivity index (χ1n) is 9.29. The summed E-state index contributed by atoms with van der Waals surface area (Å²) in [7, 11) is 0. The molecule has 0 unspecified atom stereocenters. The lowest BCUT2D eigenvalue weighted by atomic mass is 9.89. The SMILES string of the molecule is Cc1cc(C)c(-c2ccccc2)c(-[n+]2csc(C)c2C)c1-c1ccccc1.[Cl-]. The van der Waals surface area contributed by atoms with Gasteiger partial charge in [0.2, 0.25) is 11.2 Å². The zero-order valence-corrected chi connectivity index (χ0v) is 18.2. The van der Waals surface area contributed by atoms with E-state index in [1.807, 2.05) is 11.3 Å². The van der Waals surface area contributed by atoms with Crippen molar-refractivity contribution in [2.75, 3.05) is 0 Å². The van der Waals surface area contributed by atoms with Crippen LogP contribution in [0.3, 0.4) is 0 Å². The molecule has 1 heterocycles. The maximum Gasteiger partial charge on any atom is 0.231 e. The van der Waals surface area contributed by atoms with Crippen LogP contribution in [0, 0.1) is 27.7 Å². The van der Waals surface area contributed by atoms with Gasteiger partial charge < -0.3 is 12.4 Å². The standard InChI is InChI=1S/C25H24NS.ClH/c1-17-15-18(2)24(22-13-9-6-10-14-22)25(26-16-27-20(4)19(26)3)23(17)21-11-7-5-8-12-21;/h5-16H,1-4H3;1H/q+1;/p-1. The number of aryl methyl sites for hydroxylation is 3. The van der Waals surface area contributed by atoms with Crippen molar-refractivity contribution >= 4 is 11.3 Å². The van der Waals surface area contributed by atoms with Gasteiger partial charge in [0.25, 0.3) is 0 Å². The van der Waals surface area contributed by atoms with Crippen LogP contribution in [0.4, 0.5) is 0 Å². The summed E-state index contributed by atoms with van der Waals surface area (Å²) in [5.41, 5.74) is 12.6. The normalized spacial score (nSPS) is 10.6. The van der Waals surface area contributed by atoms with Crippen LogP contribution >= 0.6 is 11.3 Å². The minimum Gasteiger partial charge on any atom is -1.00 e. The van der Waals surface area contributed by atoms with Gasteiger partial charge >= 0.3 is 0 Å². The zero-order chi connectivity index (χ0) is 19.0. The summed E-state index contributed by atoms with van der Waals surface area (Å²) in [6, 6.07) is 23.8. The largest absolute Gasteiger partial charge is 1.00 e. The minimum absolute atomic E-state index is 0. The van der Waals surface area contributed by atoms with E-state index in [4.69, 9.17) is 0 Å². The van der Waals surface area contributed by atoms with Crippen molar-refractivity contribution in [3.63, 3.8) is 0 Å². The topological polar surface area (TPSA) is 3.88 Å². The fourth-order valence-electron chi connectivity index (χ4n) is 3.83. The smallest absolute Gasteiger partial charge is 0.231 e. The summed E-state index contributed by atoms with van der Waals surface area (Å²) in [5.74, 6) is 0. The van der Waals surface area contributed by atoms with E-state index in [1.54, 1.807) is 0 Å². The van der Waals surface area contributed by atoms with Gasteiger partial charge in [-0.2, -0.15) is 4.57 Å². The van der Waals surface area contributed by atoms with Gasteiger partial charge in [0.05, 0.1) is 16.0 Å². The number of aromatic nitrogens is 1. The third kappa shape index (κ3) is 3.50. The number of nitrogens with zero attached hydrogens (tertiary/aromatic N) is 1. The lowest BCUT2D eigenvalue weighted by molar-refractivity contribution is -0.596. The molecular weight excluding hydrogens is 382 g/mol. The summed E-state index contributed by atoms with van der Waals surface area (Å²) in [4.78, 5) is 1.35. The van der Waals surface area contributed by atoms with Crippen molar-refractivity contribution in [2.24, 2.45) is 0 Å². The first kappa shape index (κ1) is 20.3. The zero-order valence-electron chi connectivity index (χ0n) is 16.7.